The standard InChI is InChI=1S/C22H27F3O3S/c1-4-15-6-8-19-17-7-5-14-12-20(28-29(26,27)22(23,24)25)13(2)11-18(14)16(17)9-10-21(15,19)3/h4,11-12,16-17,19H,5-10H2,1-3H3/t16?,17?,19?,21-/m1/s1. The number of fused-ring (bicyclic) bond motifs is 5. The van der Waals surface area contributed by atoms with Gasteiger partial charge in [-0.1, -0.05) is 24.6 Å². The van der Waals surface area contributed by atoms with Gasteiger partial charge >= 0.3 is 15.6 Å². The van der Waals surface area contributed by atoms with Crippen molar-refractivity contribution in [3.05, 3.63) is 40.5 Å². The van der Waals surface area contributed by atoms with Crippen molar-refractivity contribution in [2.45, 2.75) is 70.7 Å². The number of alkyl halides is 3. The molecule has 1 aromatic carbocycles. The van der Waals surface area contributed by atoms with E-state index in [2.05, 4.69) is 24.1 Å². The van der Waals surface area contributed by atoms with Crippen LogP contribution in [0.3, 0.4) is 0 Å². The molecule has 0 aromatic heterocycles. The van der Waals surface area contributed by atoms with E-state index in [1.807, 2.05) is 6.07 Å². The predicted octanol–water partition coefficient (Wildman–Crippen LogP) is 6.03. The lowest BCUT2D eigenvalue weighted by Crippen LogP contribution is -2.40. The lowest BCUT2D eigenvalue weighted by Gasteiger charge is -2.49. The molecule has 0 heterocycles. The van der Waals surface area contributed by atoms with Gasteiger partial charge in [0.25, 0.3) is 0 Å². The third-order valence-corrected chi connectivity index (χ3v) is 8.67. The minimum Gasteiger partial charge on any atom is -0.376 e. The van der Waals surface area contributed by atoms with Crippen molar-refractivity contribution in [1.29, 1.82) is 0 Å². The van der Waals surface area contributed by atoms with Gasteiger partial charge in [0.15, 0.2) is 0 Å². The molecule has 3 unspecified atom stereocenters. The largest absolute Gasteiger partial charge is 0.534 e. The molecular formula is C22H27F3O3S. The highest BCUT2D eigenvalue weighted by atomic mass is 32.2. The lowest BCUT2D eigenvalue weighted by atomic mass is 9.55. The molecule has 1 aromatic rings. The third kappa shape index (κ3) is 3.20. The molecule has 3 aliphatic carbocycles. The van der Waals surface area contributed by atoms with Crippen molar-refractivity contribution in [1.82, 2.24) is 0 Å². The molecule has 4 atom stereocenters. The van der Waals surface area contributed by atoms with Crippen LogP contribution in [0.25, 0.3) is 0 Å². The summed E-state index contributed by atoms with van der Waals surface area (Å²) < 4.78 is 65.5. The van der Waals surface area contributed by atoms with Crippen LogP contribution in [0.4, 0.5) is 13.2 Å². The molecule has 3 nitrogen and oxygen atoms in total. The first-order valence-electron chi connectivity index (χ1n) is 10.3. The topological polar surface area (TPSA) is 43.4 Å². The second kappa shape index (κ2) is 6.76. The van der Waals surface area contributed by atoms with Crippen LogP contribution in [0.15, 0.2) is 23.8 Å². The van der Waals surface area contributed by atoms with Crippen molar-refractivity contribution in [2.24, 2.45) is 17.3 Å². The molecule has 0 aliphatic heterocycles. The van der Waals surface area contributed by atoms with E-state index < -0.39 is 15.6 Å². The van der Waals surface area contributed by atoms with Gasteiger partial charge < -0.3 is 4.18 Å². The number of benzene rings is 1. The van der Waals surface area contributed by atoms with Crippen molar-refractivity contribution in [3.63, 3.8) is 0 Å². The smallest absolute Gasteiger partial charge is 0.376 e. The first kappa shape index (κ1) is 20.8. The molecule has 0 saturated heterocycles. The van der Waals surface area contributed by atoms with E-state index in [9.17, 15) is 21.6 Å². The average molecular weight is 429 g/mol. The summed E-state index contributed by atoms with van der Waals surface area (Å²) in [6, 6.07) is 3.38. The summed E-state index contributed by atoms with van der Waals surface area (Å²) in [6.45, 7) is 6.15. The van der Waals surface area contributed by atoms with E-state index in [-0.39, 0.29) is 11.2 Å². The van der Waals surface area contributed by atoms with Crippen LogP contribution in [0.5, 0.6) is 5.75 Å². The van der Waals surface area contributed by atoms with E-state index in [4.69, 9.17) is 0 Å². The Kier molecular flexibility index (Phi) is 4.84. The zero-order chi connectivity index (χ0) is 21.2. The molecule has 2 fully saturated rings. The predicted molar refractivity (Wildman–Crippen MR) is 105 cm³/mol. The minimum atomic E-state index is -5.66. The number of hydrogen-bond acceptors (Lipinski definition) is 3. The Balaban J connectivity index is 1.66. The summed E-state index contributed by atoms with van der Waals surface area (Å²) in [4.78, 5) is 0. The number of rotatable bonds is 2. The van der Waals surface area contributed by atoms with E-state index in [0.29, 0.717) is 23.3 Å². The molecular weight excluding hydrogens is 401 g/mol. The molecule has 0 spiro atoms. The highest BCUT2D eigenvalue weighted by Gasteiger charge is 2.52. The van der Waals surface area contributed by atoms with Crippen LogP contribution in [0.1, 0.15) is 68.6 Å². The second-order valence-corrected chi connectivity index (χ2v) is 10.6. The molecule has 7 heteroatoms. The van der Waals surface area contributed by atoms with Gasteiger partial charge in [-0.15, -0.1) is 0 Å². The average Bonchev–Trinajstić information content (AvgIpc) is 2.97. The Morgan fingerprint density at radius 2 is 1.90 bits per heavy atom. The molecule has 3 aliphatic rings. The maximum Gasteiger partial charge on any atom is 0.534 e. The van der Waals surface area contributed by atoms with Crippen LogP contribution in [-0.2, 0) is 16.5 Å². The number of hydrogen-bond donors (Lipinski definition) is 0. The quantitative estimate of drug-likeness (QED) is 0.328. The maximum absolute atomic E-state index is 12.7. The van der Waals surface area contributed by atoms with Gasteiger partial charge in [-0.3, -0.25) is 0 Å². The van der Waals surface area contributed by atoms with E-state index >= 15 is 0 Å². The Morgan fingerprint density at radius 1 is 1.17 bits per heavy atom. The third-order valence-electron chi connectivity index (χ3n) is 7.70. The number of halogens is 3. The fraction of sp³-hybridized carbons (Fsp3) is 0.636. The second-order valence-electron chi connectivity index (χ2n) is 9.02. The van der Waals surface area contributed by atoms with Gasteiger partial charge in [0.05, 0.1) is 0 Å². The van der Waals surface area contributed by atoms with Gasteiger partial charge in [0, 0.05) is 0 Å². The minimum absolute atomic E-state index is 0.211. The molecule has 29 heavy (non-hydrogen) atoms. The summed E-state index contributed by atoms with van der Waals surface area (Å²) in [6.07, 6.45) is 8.57. The fourth-order valence-electron chi connectivity index (χ4n) is 6.29. The first-order valence-corrected chi connectivity index (χ1v) is 11.7. The summed E-state index contributed by atoms with van der Waals surface area (Å²) in [5.41, 5.74) is -1.05. The summed E-state index contributed by atoms with van der Waals surface area (Å²) >= 11 is 0. The molecule has 160 valence electrons. The highest BCUT2D eigenvalue weighted by Crippen LogP contribution is 2.62. The normalized spacial score (nSPS) is 33.2. The molecule has 2 saturated carbocycles. The highest BCUT2D eigenvalue weighted by molar-refractivity contribution is 7.88. The summed E-state index contributed by atoms with van der Waals surface area (Å²) in [7, 11) is -5.66. The van der Waals surface area contributed by atoms with Crippen molar-refractivity contribution < 1.29 is 25.8 Å². The summed E-state index contributed by atoms with van der Waals surface area (Å²) in [5.74, 6) is 1.39. The lowest BCUT2D eigenvalue weighted by molar-refractivity contribution is -0.0500. The van der Waals surface area contributed by atoms with Gasteiger partial charge in [-0.05, 0) is 98.3 Å². The Labute approximate surface area is 170 Å². The first-order chi connectivity index (χ1) is 13.5. The maximum atomic E-state index is 12.7. The molecule has 0 radical (unpaired) electrons. The van der Waals surface area contributed by atoms with E-state index in [1.165, 1.54) is 18.1 Å². The molecule has 0 bridgehead atoms. The molecule has 4 rings (SSSR count). The Hall–Kier alpha value is -1.50. The van der Waals surface area contributed by atoms with Crippen LogP contribution < -0.4 is 4.18 Å². The SMILES string of the molecule is CC=C1CCC2C3CCc4cc(OS(=O)(=O)C(F)(F)F)c(C)cc4C3CC[C@]12C. The van der Waals surface area contributed by atoms with Crippen LogP contribution in [0, 0.1) is 24.2 Å². The molecule has 0 amide bonds. The van der Waals surface area contributed by atoms with Crippen LogP contribution in [0.2, 0.25) is 0 Å². The van der Waals surface area contributed by atoms with Gasteiger partial charge in [-0.25, -0.2) is 0 Å². The van der Waals surface area contributed by atoms with E-state index in [1.54, 1.807) is 12.5 Å². The fourth-order valence-corrected chi connectivity index (χ4v) is 6.80. The van der Waals surface area contributed by atoms with Gasteiger partial charge in [0.1, 0.15) is 5.75 Å². The zero-order valence-electron chi connectivity index (χ0n) is 17.0. The zero-order valence-corrected chi connectivity index (χ0v) is 17.8. The van der Waals surface area contributed by atoms with Crippen LogP contribution in [-0.4, -0.2) is 13.9 Å². The monoisotopic (exact) mass is 428 g/mol. The van der Waals surface area contributed by atoms with Crippen molar-refractivity contribution >= 4 is 10.1 Å². The summed E-state index contributed by atoms with van der Waals surface area (Å²) in [5, 5.41) is 0. The van der Waals surface area contributed by atoms with Crippen LogP contribution >= 0.6 is 0 Å². The van der Waals surface area contributed by atoms with Gasteiger partial charge in [-0.2, -0.15) is 21.6 Å². The molecule has 0 N–H and O–H groups in total. The Morgan fingerprint density at radius 3 is 2.55 bits per heavy atom. The van der Waals surface area contributed by atoms with Gasteiger partial charge in [0.2, 0.25) is 0 Å². The number of aryl methyl sites for hydroxylation is 2. The van der Waals surface area contributed by atoms with E-state index in [0.717, 1.165) is 37.7 Å². The number of allylic oxidation sites excluding steroid dienone is 2. The Bertz CT molecular complexity index is 964. The van der Waals surface area contributed by atoms with Crippen molar-refractivity contribution in [3.8, 4) is 5.75 Å². The van der Waals surface area contributed by atoms with Crippen molar-refractivity contribution in [2.75, 3.05) is 0 Å².